The van der Waals surface area contributed by atoms with Crippen molar-refractivity contribution < 1.29 is 0 Å². The van der Waals surface area contributed by atoms with Crippen LogP contribution in [-0.2, 0) is 0 Å². The van der Waals surface area contributed by atoms with Gasteiger partial charge in [0.15, 0.2) is 0 Å². The van der Waals surface area contributed by atoms with Gasteiger partial charge in [0.05, 0.1) is 0 Å². The van der Waals surface area contributed by atoms with Crippen LogP contribution < -0.4 is 5.32 Å². The molecule has 4 atom stereocenters. The quantitative estimate of drug-likeness (QED) is 0.813. The molecule has 4 unspecified atom stereocenters. The van der Waals surface area contributed by atoms with E-state index in [1.54, 1.807) is 0 Å². The van der Waals surface area contributed by atoms with Crippen molar-refractivity contribution in [3.63, 3.8) is 0 Å². The summed E-state index contributed by atoms with van der Waals surface area (Å²) >= 11 is 0. The minimum absolute atomic E-state index is 0.748. The third-order valence-electron chi connectivity index (χ3n) is 5.06. The van der Waals surface area contributed by atoms with Crippen molar-refractivity contribution in [3.05, 3.63) is 0 Å². The lowest BCUT2D eigenvalue weighted by Gasteiger charge is -2.45. The maximum atomic E-state index is 3.67. The van der Waals surface area contributed by atoms with Crippen LogP contribution in [0.15, 0.2) is 0 Å². The Balaban J connectivity index is 1.91. The van der Waals surface area contributed by atoms with Gasteiger partial charge in [-0.25, -0.2) is 0 Å². The lowest BCUT2D eigenvalue weighted by atomic mass is 9.77. The molecule has 0 aromatic rings. The summed E-state index contributed by atoms with van der Waals surface area (Å²) < 4.78 is 0. The Kier molecular flexibility index (Phi) is 4.87. The lowest BCUT2D eigenvalue weighted by Crippen LogP contribution is -2.56. The Bertz CT molecular complexity index is 227. The van der Waals surface area contributed by atoms with E-state index in [0.717, 1.165) is 23.9 Å². The van der Waals surface area contributed by atoms with Crippen molar-refractivity contribution in [2.24, 2.45) is 11.8 Å². The molecule has 0 aromatic carbocycles. The van der Waals surface area contributed by atoms with Gasteiger partial charge in [0.25, 0.3) is 0 Å². The van der Waals surface area contributed by atoms with Crippen LogP contribution >= 0.6 is 0 Å². The van der Waals surface area contributed by atoms with Gasteiger partial charge in [-0.05, 0) is 24.7 Å². The van der Waals surface area contributed by atoms with Crippen molar-refractivity contribution in [2.75, 3.05) is 19.6 Å². The van der Waals surface area contributed by atoms with Crippen LogP contribution in [0.3, 0.4) is 0 Å². The van der Waals surface area contributed by atoms with Crippen LogP contribution in [0.1, 0.15) is 52.9 Å². The van der Waals surface area contributed by atoms with Gasteiger partial charge in [0.2, 0.25) is 0 Å². The fourth-order valence-electron chi connectivity index (χ4n) is 3.76. The monoisotopic (exact) mass is 238 g/mol. The SMILES string of the molecule is CCCC1CN(C2CCCC(C)C2C)CCN1. The highest BCUT2D eigenvalue weighted by Crippen LogP contribution is 2.33. The summed E-state index contributed by atoms with van der Waals surface area (Å²) in [6, 6.07) is 1.61. The Morgan fingerprint density at radius 3 is 2.82 bits per heavy atom. The second kappa shape index (κ2) is 6.19. The van der Waals surface area contributed by atoms with Crippen molar-refractivity contribution in [1.29, 1.82) is 0 Å². The second-order valence-electron chi connectivity index (χ2n) is 6.27. The highest BCUT2D eigenvalue weighted by molar-refractivity contribution is 4.89. The molecule has 1 heterocycles. The summed E-state index contributed by atoms with van der Waals surface area (Å²) in [5.41, 5.74) is 0. The molecule has 0 radical (unpaired) electrons. The first-order valence-corrected chi connectivity index (χ1v) is 7.69. The van der Waals surface area contributed by atoms with Crippen LogP contribution in [0.25, 0.3) is 0 Å². The highest BCUT2D eigenvalue weighted by Gasteiger charge is 2.33. The van der Waals surface area contributed by atoms with Gasteiger partial charge in [-0.1, -0.05) is 40.0 Å². The van der Waals surface area contributed by atoms with Crippen molar-refractivity contribution >= 4 is 0 Å². The van der Waals surface area contributed by atoms with E-state index in [9.17, 15) is 0 Å². The standard InChI is InChI=1S/C15H30N2/c1-4-6-14-11-17(10-9-16-14)15-8-5-7-12(2)13(15)3/h12-16H,4-11H2,1-3H3. The summed E-state index contributed by atoms with van der Waals surface area (Å²) in [6.07, 6.45) is 6.97. The third kappa shape index (κ3) is 3.23. The molecule has 0 amide bonds. The molecule has 2 fully saturated rings. The topological polar surface area (TPSA) is 15.3 Å². The third-order valence-corrected chi connectivity index (χ3v) is 5.06. The lowest BCUT2D eigenvalue weighted by molar-refractivity contribution is 0.0561. The first-order chi connectivity index (χ1) is 8.22. The fraction of sp³-hybridized carbons (Fsp3) is 1.00. The minimum Gasteiger partial charge on any atom is -0.311 e. The molecule has 0 spiro atoms. The number of hydrogen-bond donors (Lipinski definition) is 1. The van der Waals surface area contributed by atoms with Crippen LogP contribution in [0.4, 0.5) is 0 Å². The van der Waals surface area contributed by atoms with E-state index in [-0.39, 0.29) is 0 Å². The molecule has 2 heteroatoms. The zero-order valence-electron chi connectivity index (χ0n) is 11.9. The molecule has 17 heavy (non-hydrogen) atoms. The molecule has 1 saturated carbocycles. The van der Waals surface area contributed by atoms with E-state index >= 15 is 0 Å². The van der Waals surface area contributed by atoms with E-state index in [1.807, 2.05) is 0 Å². The largest absolute Gasteiger partial charge is 0.311 e. The molecule has 1 aliphatic carbocycles. The summed E-state index contributed by atoms with van der Waals surface area (Å²) in [5, 5.41) is 3.67. The van der Waals surface area contributed by atoms with Gasteiger partial charge in [0, 0.05) is 31.7 Å². The normalized spacial score (nSPS) is 40.4. The van der Waals surface area contributed by atoms with Gasteiger partial charge in [-0.15, -0.1) is 0 Å². The van der Waals surface area contributed by atoms with Gasteiger partial charge < -0.3 is 5.32 Å². The van der Waals surface area contributed by atoms with E-state index in [0.29, 0.717) is 0 Å². The van der Waals surface area contributed by atoms with Crippen LogP contribution in [-0.4, -0.2) is 36.6 Å². The van der Waals surface area contributed by atoms with E-state index < -0.39 is 0 Å². The molecule has 2 aliphatic rings. The van der Waals surface area contributed by atoms with Crippen LogP contribution in [0.5, 0.6) is 0 Å². The molecule has 0 aromatic heterocycles. The molecule has 1 aliphatic heterocycles. The molecule has 1 N–H and O–H groups in total. The molecular formula is C15H30N2. The van der Waals surface area contributed by atoms with Crippen LogP contribution in [0.2, 0.25) is 0 Å². The maximum Gasteiger partial charge on any atom is 0.0195 e. The number of nitrogens with zero attached hydrogens (tertiary/aromatic N) is 1. The average molecular weight is 238 g/mol. The fourth-order valence-corrected chi connectivity index (χ4v) is 3.76. The van der Waals surface area contributed by atoms with E-state index in [1.165, 1.54) is 51.7 Å². The van der Waals surface area contributed by atoms with Crippen LogP contribution in [0, 0.1) is 11.8 Å². The Morgan fingerprint density at radius 1 is 1.24 bits per heavy atom. The predicted molar refractivity (Wildman–Crippen MR) is 74.2 cm³/mol. The summed E-state index contributed by atoms with van der Waals surface area (Å²) in [4.78, 5) is 2.79. The first-order valence-electron chi connectivity index (χ1n) is 7.69. The summed E-state index contributed by atoms with van der Waals surface area (Å²) in [6.45, 7) is 11.0. The molecular weight excluding hydrogens is 208 g/mol. The predicted octanol–water partition coefficient (Wildman–Crippen LogP) is 2.89. The molecule has 2 rings (SSSR count). The first kappa shape index (κ1) is 13.4. The minimum atomic E-state index is 0.748. The van der Waals surface area contributed by atoms with E-state index in [2.05, 4.69) is 31.0 Å². The van der Waals surface area contributed by atoms with Gasteiger partial charge >= 0.3 is 0 Å². The number of rotatable bonds is 3. The number of nitrogens with one attached hydrogen (secondary N) is 1. The summed E-state index contributed by atoms with van der Waals surface area (Å²) in [7, 11) is 0. The van der Waals surface area contributed by atoms with Crippen molar-refractivity contribution in [2.45, 2.75) is 65.0 Å². The van der Waals surface area contributed by atoms with Gasteiger partial charge in [0.1, 0.15) is 0 Å². The molecule has 100 valence electrons. The highest BCUT2D eigenvalue weighted by atomic mass is 15.2. The summed E-state index contributed by atoms with van der Waals surface area (Å²) in [5.74, 6) is 1.82. The average Bonchev–Trinajstić information content (AvgIpc) is 2.33. The Morgan fingerprint density at radius 2 is 2.06 bits per heavy atom. The Hall–Kier alpha value is -0.0800. The molecule has 0 bridgehead atoms. The molecule has 2 nitrogen and oxygen atoms in total. The van der Waals surface area contributed by atoms with Crippen molar-refractivity contribution in [3.8, 4) is 0 Å². The van der Waals surface area contributed by atoms with Gasteiger partial charge in [-0.3, -0.25) is 4.90 Å². The number of piperazine rings is 1. The maximum absolute atomic E-state index is 3.67. The van der Waals surface area contributed by atoms with Crippen molar-refractivity contribution in [1.82, 2.24) is 10.2 Å². The second-order valence-corrected chi connectivity index (χ2v) is 6.27. The zero-order chi connectivity index (χ0) is 12.3. The van der Waals surface area contributed by atoms with E-state index in [4.69, 9.17) is 0 Å². The zero-order valence-corrected chi connectivity index (χ0v) is 11.9. The number of hydrogen-bond acceptors (Lipinski definition) is 2. The Labute approximate surface area is 107 Å². The van der Waals surface area contributed by atoms with Gasteiger partial charge in [-0.2, -0.15) is 0 Å². The smallest absolute Gasteiger partial charge is 0.0195 e. The molecule has 1 saturated heterocycles.